The molecule has 1 amide bonds. The average molecular weight is 566 g/mol. The minimum Gasteiger partial charge on any atom is -0.497 e. The van der Waals surface area contributed by atoms with Gasteiger partial charge in [0, 0.05) is 29.7 Å². The van der Waals surface area contributed by atoms with Gasteiger partial charge in [-0.1, -0.05) is 13.3 Å². The molecule has 3 unspecified atom stereocenters. The summed E-state index contributed by atoms with van der Waals surface area (Å²) in [5, 5.41) is 3.52. The van der Waals surface area contributed by atoms with Crippen molar-refractivity contribution in [2.24, 2.45) is 11.8 Å². The SMILES string of the molecule is CCC1CN2CC[C@H]1CC2[C@@H](NC(=O)c1cc(C(F)(F)F)cc(C(F)(F)F)c1)c1ccnc2ccc(OC)cc12. The summed E-state index contributed by atoms with van der Waals surface area (Å²) < 4.78 is 86.5. The van der Waals surface area contributed by atoms with Crippen LogP contribution in [0.5, 0.6) is 5.75 Å². The molecule has 3 saturated heterocycles. The van der Waals surface area contributed by atoms with Gasteiger partial charge in [0.2, 0.25) is 0 Å². The van der Waals surface area contributed by atoms with E-state index in [1.54, 1.807) is 30.5 Å². The third-order valence-corrected chi connectivity index (χ3v) is 8.30. The molecule has 6 rings (SSSR count). The van der Waals surface area contributed by atoms with Crippen molar-refractivity contribution in [2.45, 2.75) is 50.6 Å². The molecule has 40 heavy (non-hydrogen) atoms. The number of pyridine rings is 1. The van der Waals surface area contributed by atoms with Gasteiger partial charge < -0.3 is 10.1 Å². The van der Waals surface area contributed by atoms with Crippen molar-refractivity contribution in [1.29, 1.82) is 0 Å². The maximum absolute atomic E-state index is 13.5. The lowest BCUT2D eigenvalue weighted by atomic mass is 9.72. The van der Waals surface area contributed by atoms with Crippen LogP contribution >= 0.6 is 0 Å². The Morgan fingerprint density at radius 3 is 2.35 bits per heavy atom. The van der Waals surface area contributed by atoms with E-state index in [1.165, 1.54) is 7.11 Å². The molecule has 5 atom stereocenters. The quantitative estimate of drug-likeness (QED) is 0.332. The lowest BCUT2D eigenvalue weighted by Crippen LogP contribution is -2.57. The highest BCUT2D eigenvalue weighted by Gasteiger charge is 2.44. The van der Waals surface area contributed by atoms with E-state index in [2.05, 4.69) is 22.1 Å². The number of nitrogens with one attached hydrogen (secondary N) is 1. The van der Waals surface area contributed by atoms with E-state index >= 15 is 0 Å². The van der Waals surface area contributed by atoms with Crippen LogP contribution in [0, 0.1) is 11.8 Å². The fourth-order valence-corrected chi connectivity index (χ4v) is 6.23. The average Bonchev–Trinajstić information content (AvgIpc) is 2.94. The van der Waals surface area contributed by atoms with Gasteiger partial charge in [0.1, 0.15) is 5.75 Å². The third kappa shape index (κ3) is 5.48. The first-order valence-corrected chi connectivity index (χ1v) is 13.2. The molecule has 11 heteroatoms. The van der Waals surface area contributed by atoms with E-state index < -0.39 is 41.0 Å². The standard InChI is InChI=1S/C29H29F6N3O2/c1-3-16-15-38-9-7-17(16)12-25(38)26(22-6-8-36-24-5-4-21(40-2)14-23(22)24)37-27(39)18-10-19(28(30,31)32)13-20(11-18)29(33,34)35/h4-6,8,10-11,13-14,16-17,25-26H,3,7,9,12,15H2,1-2H3,(H,37,39)/t16?,17-,25?,26-/m0/s1. The van der Waals surface area contributed by atoms with E-state index in [0.717, 1.165) is 32.4 Å². The van der Waals surface area contributed by atoms with Crippen LogP contribution in [0.1, 0.15) is 59.3 Å². The van der Waals surface area contributed by atoms with Crippen molar-refractivity contribution < 1.29 is 35.9 Å². The molecule has 0 radical (unpaired) electrons. The van der Waals surface area contributed by atoms with Gasteiger partial charge in [0.15, 0.2) is 0 Å². The van der Waals surface area contributed by atoms with Gasteiger partial charge in [-0.2, -0.15) is 26.3 Å². The number of ether oxygens (including phenoxy) is 1. The molecule has 3 aromatic rings. The Balaban J connectivity index is 1.59. The Kier molecular flexibility index (Phi) is 7.45. The molecule has 1 N–H and O–H groups in total. The first kappa shape index (κ1) is 28.2. The maximum atomic E-state index is 13.5. The summed E-state index contributed by atoms with van der Waals surface area (Å²) in [6.07, 6.45) is -5.78. The fraction of sp³-hybridized carbons (Fsp3) is 0.448. The Labute approximate surface area is 227 Å². The molecule has 5 nitrogen and oxygen atoms in total. The number of rotatable bonds is 6. The highest BCUT2D eigenvalue weighted by atomic mass is 19.4. The Hall–Kier alpha value is -3.34. The number of nitrogens with zero attached hydrogens (tertiary/aromatic N) is 2. The number of alkyl halides is 6. The zero-order chi connectivity index (χ0) is 28.8. The Morgan fingerprint density at radius 1 is 1.07 bits per heavy atom. The molecule has 4 heterocycles. The summed E-state index contributed by atoms with van der Waals surface area (Å²) >= 11 is 0. The number of carbonyl (C=O) groups is 1. The van der Waals surface area contributed by atoms with Gasteiger partial charge in [0.05, 0.1) is 29.8 Å². The molecule has 2 aromatic carbocycles. The lowest BCUT2D eigenvalue weighted by Gasteiger charge is -2.52. The number of methoxy groups -OCH3 is 1. The number of amides is 1. The number of carbonyl (C=O) groups excluding carboxylic acids is 1. The second kappa shape index (κ2) is 10.6. The molecule has 0 aliphatic carbocycles. The van der Waals surface area contributed by atoms with Crippen molar-refractivity contribution in [3.8, 4) is 5.75 Å². The van der Waals surface area contributed by atoms with Crippen LogP contribution in [0.25, 0.3) is 10.9 Å². The number of benzene rings is 2. The molecule has 0 spiro atoms. The van der Waals surface area contributed by atoms with Gasteiger partial charge in [-0.05, 0) is 79.3 Å². The second-order valence-corrected chi connectivity index (χ2v) is 10.5. The first-order valence-electron chi connectivity index (χ1n) is 13.2. The minimum absolute atomic E-state index is 0.0214. The molecular formula is C29H29F6N3O2. The van der Waals surface area contributed by atoms with Crippen LogP contribution in [0.15, 0.2) is 48.7 Å². The number of aromatic nitrogens is 1. The predicted octanol–water partition coefficient (Wildman–Crippen LogP) is 6.87. The van der Waals surface area contributed by atoms with E-state index in [1.807, 2.05) is 0 Å². The van der Waals surface area contributed by atoms with Crippen LogP contribution in [-0.4, -0.2) is 42.0 Å². The summed E-state index contributed by atoms with van der Waals surface area (Å²) in [7, 11) is 1.51. The summed E-state index contributed by atoms with van der Waals surface area (Å²) in [6.45, 7) is 3.74. The fourth-order valence-electron chi connectivity index (χ4n) is 6.23. The van der Waals surface area contributed by atoms with Gasteiger partial charge >= 0.3 is 12.4 Å². The maximum Gasteiger partial charge on any atom is 0.416 e. The van der Waals surface area contributed by atoms with E-state index in [0.29, 0.717) is 46.2 Å². The van der Waals surface area contributed by atoms with Crippen molar-refractivity contribution in [1.82, 2.24) is 15.2 Å². The normalized spacial score (nSPS) is 23.7. The van der Waals surface area contributed by atoms with Crippen molar-refractivity contribution in [2.75, 3.05) is 20.2 Å². The zero-order valence-corrected chi connectivity index (χ0v) is 21.9. The van der Waals surface area contributed by atoms with Crippen LogP contribution in [-0.2, 0) is 12.4 Å². The van der Waals surface area contributed by atoms with Gasteiger partial charge in [-0.15, -0.1) is 0 Å². The molecule has 1 aromatic heterocycles. The van der Waals surface area contributed by atoms with Crippen LogP contribution in [0.3, 0.4) is 0 Å². The minimum atomic E-state index is -5.06. The number of piperidine rings is 3. The van der Waals surface area contributed by atoms with E-state index in [4.69, 9.17) is 4.74 Å². The highest BCUT2D eigenvalue weighted by Crippen LogP contribution is 2.43. The summed E-state index contributed by atoms with van der Waals surface area (Å²) in [4.78, 5) is 20.2. The van der Waals surface area contributed by atoms with Gasteiger partial charge in [-0.25, -0.2) is 0 Å². The van der Waals surface area contributed by atoms with Crippen molar-refractivity contribution >= 4 is 16.8 Å². The molecular weight excluding hydrogens is 536 g/mol. The first-order chi connectivity index (χ1) is 18.9. The third-order valence-electron chi connectivity index (χ3n) is 8.30. The van der Waals surface area contributed by atoms with Crippen molar-refractivity contribution in [3.63, 3.8) is 0 Å². The molecule has 214 valence electrons. The zero-order valence-electron chi connectivity index (χ0n) is 21.9. The largest absolute Gasteiger partial charge is 0.497 e. The molecule has 2 bridgehead atoms. The molecule has 0 saturated carbocycles. The Morgan fingerprint density at radius 2 is 1.77 bits per heavy atom. The predicted molar refractivity (Wildman–Crippen MR) is 137 cm³/mol. The topological polar surface area (TPSA) is 54.5 Å². The molecule has 3 fully saturated rings. The van der Waals surface area contributed by atoms with Crippen molar-refractivity contribution in [3.05, 3.63) is 70.9 Å². The number of hydrogen-bond donors (Lipinski definition) is 1. The summed E-state index contributed by atoms with van der Waals surface area (Å²) in [6, 6.07) is 7.06. The Bertz CT molecular complexity index is 1370. The molecule has 3 aliphatic heterocycles. The smallest absolute Gasteiger partial charge is 0.416 e. The second-order valence-electron chi connectivity index (χ2n) is 10.5. The monoisotopic (exact) mass is 565 g/mol. The molecule has 3 aliphatic rings. The van der Waals surface area contributed by atoms with E-state index in [-0.39, 0.29) is 12.1 Å². The lowest BCUT2D eigenvalue weighted by molar-refractivity contribution is -0.143. The van der Waals surface area contributed by atoms with E-state index in [9.17, 15) is 31.1 Å². The highest BCUT2D eigenvalue weighted by molar-refractivity contribution is 5.95. The summed E-state index contributed by atoms with van der Waals surface area (Å²) in [5.41, 5.74) is -2.47. The van der Waals surface area contributed by atoms with Crippen LogP contribution in [0.2, 0.25) is 0 Å². The van der Waals surface area contributed by atoms with Crippen LogP contribution in [0.4, 0.5) is 26.3 Å². The van der Waals surface area contributed by atoms with Crippen LogP contribution < -0.4 is 10.1 Å². The number of fused-ring (bicyclic) bond motifs is 4. The number of halogens is 6. The number of hydrogen-bond acceptors (Lipinski definition) is 4. The van der Waals surface area contributed by atoms with Gasteiger partial charge in [0.25, 0.3) is 5.91 Å². The van der Waals surface area contributed by atoms with Gasteiger partial charge in [-0.3, -0.25) is 14.7 Å². The summed E-state index contributed by atoms with van der Waals surface area (Å²) in [5.74, 6) is 0.445.